The van der Waals surface area contributed by atoms with Gasteiger partial charge in [-0.05, 0) is 6.92 Å². The number of hydrogen-bond donors (Lipinski definition) is 3. The predicted molar refractivity (Wildman–Crippen MR) is 45.7 cm³/mol. The number of carbonyl (C=O) groups is 1. The third kappa shape index (κ3) is 6.50. The van der Waals surface area contributed by atoms with Gasteiger partial charge in [-0.2, -0.15) is 0 Å². The monoisotopic (exact) mass is 211 g/mol. The molecule has 78 valence electrons. The molecule has 0 fully saturated rings. The van der Waals surface area contributed by atoms with Crippen molar-refractivity contribution < 1.29 is 23.4 Å². The standard InChI is InChI=1S/C6H13NO5S/c1-5(4-8)7-13(11,12)3-2-6(9)10/h5,7-8H,2-4H2,1H3,(H,9,10)/t5-/m0/s1. The van der Waals surface area contributed by atoms with E-state index in [1.807, 2.05) is 0 Å². The van der Waals surface area contributed by atoms with Gasteiger partial charge < -0.3 is 10.2 Å². The highest BCUT2D eigenvalue weighted by molar-refractivity contribution is 7.89. The fourth-order valence-electron chi connectivity index (χ4n) is 0.624. The van der Waals surface area contributed by atoms with Crippen LogP contribution in [0.5, 0.6) is 0 Å². The van der Waals surface area contributed by atoms with Crippen LogP contribution >= 0.6 is 0 Å². The van der Waals surface area contributed by atoms with Crippen molar-refractivity contribution in [2.75, 3.05) is 12.4 Å². The van der Waals surface area contributed by atoms with Crippen molar-refractivity contribution in [1.82, 2.24) is 4.72 Å². The molecule has 0 aliphatic carbocycles. The van der Waals surface area contributed by atoms with E-state index in [0.717, 1.165) is 0 Å². The average molecular weight is 211 g/mol. The van der Waals surface area contributed by atoms with E-state index in [-0.39, 0.29) is 6.61 Å². The predicted octanol–water partition coefficient (Wildman–Crippen LogP) is -1.24. The molecular formula is C6H13NO5S. The Kier molecular flexibility index (Phi) is 4.89. The lowest BCUT2D eigenvalue weighted by molar-refractivity contribution is -0.136. The van der Waals surface area contributed by atoms with E-state index in [4.69, 9.17) is 10.2 Å². The maximum atomic E-state index is 11.0. The molecule has 0 radical (unpaired) electrons. The molecule has 0 rings (SSSR count). The first-order valence-corrected chi connectivity index (χ1v) is 5.35. The Bertz CT molecular complexity index is 260. The molecule has 0 aromatic carbocycles. The van der Waals surface area contributed by atoms with Gasteiger partial charge in [0, 0.05) is 6.04 Å². The topological polar surface area (TPSA) is 104 Å². The van der Waals surface area contributed by atoms with E-state index in [1.54, 1.807) is 0 Å². The summed E-state index contributed by atoms with van der Waals surface area (Å²) >= 11 is 0. The van der Waals surface area contributed by atoms with Gasteiger partial charge in [-0.1, -0.05) is 0 Å². The Balaban J connectivity index is 4.02. The van der Waals surface area contributed by atoms with Gasteiger partial charge in [0.05, 0.1) is 18.8 Å². The van der Waals surface area contributed by atoms with Crippen LogP contribution in [0.25, 0.3) is 0 Å². The van der Waals surface area contributed by atoms with Crippen molar-refractivity contribution in [3.63, 3.8) is 0 Å². The van der Waals surface area contributed by atoms with E-state index < -0.39 is 34.2 Å². The van der Waals surface area contributed by atoms with Gasteiger partial charge in [0.2, 0.25) is 10.0 Å². The molecule has 0 amide bonds. The Morgan fingerprint density at radius 1 is 1.54 bits per heavy atom. The van der Waals surface area contributed by atoms with Gasteiger partial charge in [0.25, 0.3) is 0 Å². The van der Waals surface area contributed by atoms with E-state index >= 15 is 0 Å². The van der Waals surface area contributed by atoms with E-state index in [2.05, 4.69) is 4.72 Å². The van der Waals surface area contributed by atoms with Crippen LogP contribution in [0, 0.1) is 0 Å². The Morgan fingerprint density at radius 2 is 2.08 bits per heavy atom. The molecule has 0 saturated heterocycles. The second-order valence-electron chi connectivity index (χ2n) is 2.66. The molecular weight excluding hydrogens is 198 g/mol. The minimum atomic E-state index is -3.58. The number of nitrogens with one attached hydrogen (secondary N) is 1. The van der Waals surface area contributed by atoms with Crippen molar-refractivity contribution in [1.29, 1.82) is 0 Å². The number of aliphatic carboxylic acids is 1. The molecule has 0 aliphatic rings. The van der Waals surface area contributed by atoms with E-state index in [1.165, 1.54) is 6.92 Å². The van der Waals surface area contributed by atoms with Gasteiger partial charge in [-0.25, -0.2) is 13.1 Å². The summed E-state index contributed by atoms with van der Waals surface area (Å²) < 4.78 is 24.2. The zero-order valence-corrected chi connectivity index (χ0v) is 8.04. The highest BCUT2D eigenvalue weighted by Crippen LogP contribution is 1.92. The maximum Gasteiger partial charge on any atom is 0.304 e. The van der Waals surface area contributed by atoms with Crippen LogP contribution in [0.2, 0.25) is 0 Å². The normalized spacial score (nSPS) is 14.0. The third-order valence-electron chi connectivity index (χ3n) is 1.24. The molecule has 0 saturated carbocycles. The summed E-state index contributed by atoms with van der Waals surface area (Å²) in [5, 5.41) is 16.8. The molecule has 13 heavy (non-hydrogen) atoms. The first-order valence-electron chi connectivity index (χ1n) is 3.70. The van der Waals surface area contributed by atoms with Crippen LogP contribution in [0.3, 0.4) is 0 Å². The number of aliphatic hydroxyl groups is 1. The molecule has 0 aromatic heterocycles. The number of carboxylic acids is 1. The highest BCUT2D eigenvalue weighted by Gasteiger charge is 2.15. The van der Waals surface area contributed by atoms with Gasteiger partial charge in [0.15, 0.2) is 0 Å². The van der Waals surface area contributed by atoms with Crippen molar-refractivity contribution in [2.24, 2.45) is 0 Å². The fourth-order valence-corrected chi connectivity index (χ4v) is 1.87. The zero-order valence-electron chi connectivity index (χ0n) is 7.23. The van der Waals surface area contributed by atoms with Gasteiger partial charge in [0.1, 0.15) is 0 Å². The van der Waals surface area contributed by atoms with Gasteiger partial charge in [-0.15, -0.1) is 0 Å². The fraction of sp³-hybridized carbons (Fsp3) is 0.833. The quantitative estimate of drug-likeness (QED) is 0.510. The second-order valence-corrected chi connectivity index (χ2v) is 4.54. The molecule has 0 unspecified atom stereocenters. The summed E-state index contributed by atoms with van der Waals surface area (Å²) in [6.07, 6.45) is -0.437. The Hall–Kier alpha value is -0.660. The van der Waals surface area contributed by atoms with Crippen LogP contribution in [0.1, 0.15) is 13.3 Å². The summed E-state index contributed by atoms with van der Waals surface area (Å²) in [7, 11) is -3.58. The number of sulfonamides is 1. The molecule has 0 heterocycles. The Morgan fingerprint density at radius 3 is 2.46 bits per heavy atom. The van der Waals surface area contributed by atoms with Crippen LogP contribution in [0.15, 0.2) is 0 Å². The lowest BCUT2D eigenvalue weighted by Gasteiger charge is -2.10. The van der Waals surface area contributed by atoms with Crippen LogP contribution < -0.4 is 4.72 Å². The van der Waals surface area contributed by atoms with E-state index in [0.29, 0.717) is 0 Å². The van der Waals surface area contributed by atoms with Crippen molar-refractivity contribution >= 4 is 16.0 Å². The molecule has 0 aromatic rings. The molecule has 0 bridgehead atoms. The minimum absolute atomic E-state index is 0.313. The molecule has 0 aliphatic heterocycles. The SMILES string of the molecule is C[C@@H](CO)NS(=O)(=O)CCC(=O)O. The number of carboxylic acid groups (broad SMARTS) is 1. The third-order valence-corrected chi connectivity index (χ3v) is 2.74. The minimum Gasteiger partial charge on any atom is -0.481 e. The van der Waals surface area contributed by atoms with Crippen LogP contribution in [-0.4, -0.2) is 43.0 Å². The summed E-state index contributed by atoms with van der Waals surface area (Å²) in [4.78, 5) is 10.1. The summed E-state index contributed by atoms with van der Waals surface area (Å²) in [5.74, 6) is -1.63. The molecule has 1 atom stereocenters. The maximum absolute atomic E-state index is 11.0. The highest BCUT2D eigenvalue weighted by atomic mass is 32.2. The molecule has 6 nitrogen and oxygen atoms in total. The zero-order chi connectivity index (χ0) is 10.5. The lowest BCUT2D eigenvalue weighted by atomic mass is 10.4. The lowest BCUT2D eigenvalue weighted by Crippen LogP contribution is -2.37. The number of rotatable bonds is 6. The summed E-state index contributed by atoms with van der Waals surface area (Å²) in [6.45, 7) is 1.17. The summed E-state index contributed by atoms with van der Waals surface area (Å²) in [6, 6.07) is -0.584. The van der Waals surface area contributed by atoms with Crippen LogP contribution in [0.4, 0.5) is 0 Å². The second kappa shape index (κ2) is 5.15. The summed E-state index contributed by atoms with van der Waals surface area (Å²) in [5.41, 5.74) is 0. The first-order chi connectivity index (χ1) is 5.87. The van der Waals surface area contributed by atoms with Crippen molar-refractivity contribution in [3.05, 3.63) is 0 Å². The largest absolute Gasteiger partial charge is 0.481 e. The van der Waals surface area contributed by atoms with E-state index in [9.17, 15) is 13.2 Å². The van der Waals surface area contributed by atoms with Crippen LogP contribution in [-0.2, 0) is 14.8 Å². The number of hydrogen-bond acceptors (Lipinski definition) is 4. The average Bonchev–Trinajstić information content (AvgIpc) is 2.00. The first kappa shape index (κ1) is 12.3. The van der Waals surface area contributed by atoms with Crippen molar-refractivity contribution in [3.8, 4) is 0 Å². The smallest absolute Gasteiger partial charge is 0.304 e. The Labute approximate surface area is 76.6 Å². The van der Waals surface area contributed by atoms with Crippen molar-refractivity contribution in [2.45, 2.75) is 19.4 Å². The number of aliphatic hydroxyl groups excluding tert-OH is 1. The van der Waals surface area contributed by atoms with Gasteiger partial charge >= 0.3 is 5.97 Å². The molecule has 0 spiro atoms. The molecule has 3 N–H and O–H groups in total. The molecule has 7 heteroatoms. The van der Waals surface area contributed by atoms with Gasteiger partial charge in [-0.3, -0.25) is 4.79 Å².